The van der Waals surface area contributed by atoms with E-state index in [1.165, 1.54) is 43.4 Å². The maximum atomic E-state index is 5.61. The van der Waals surface area contributed by atoms with Crippen LogP contribution >= 0.6 is 11.8 Å². The zero-order valence-corrected chi connectivity index (χ0v) is 13.6. The number of nitrogens with two attached hydrogens (primary N) is 1. The van der Waals surface area contributed by atoms with E-state index in [2.05, 4.69) is 22.3 Å². The minimum Gasteiger partial charge on any atom is -0.307 e. The van der Waals surface area contributed by atoms with Crippen molar-refractivity contribution in [2.45, 2.75) is 61.6 Å². The van der Waals surface area contributed by atoms with Crippen LogP contribution in [0.2, 0.25) is 0 Å². The van der Waals surface area contributed by atoms with E-state index in [9.17, 15) is 0 Å². The van der Waals surface area contributed by atoms with Gasteiger partial charge in [-0.3, -0.25) is 4.99 Å². The second-order valence-electron chi connectivity index (χ2n) is 6.10. The van der Waals surface area contributed by atoms with Crippen molar-refractivity contribution in [2.75, 3.05) is 5.43 Å². The molecule has 0 fully saturated rings. The molecule has 0 saturated carbocycles. The first-order valence-electron chi connectivity index (χ1n) is 8.10. The van der Waals surface area contributed by atoms with Crippen LogP contribution in [-0.4, -0.2) is 21.1 Å². The Labute approximate surface area is 134 Å². The third-order valence-electron chi connectivity index (χ3n) is 4.82. The lowest BCUT2D eigenvalue weighted by Gasteiger charge is -2.26. The molecule has 3 heterocycles. The van der Waals surface area contributed by atoms with Gasteiger partial charge in [0.05, 0.1) is 16.5 Å². The monoisotopic (exact) mass is 315 g/mol. The minimum atomic E-state index is 0.225. The van der Waals surface area contributed by atoms with Crippen molar-refractivity contribution in [1.82, 2.24) is 9.97 Å². The normalized spacial score (nSPS) is 25.6. The van der Waals surface area contributed by atoms with Crippen molar-refractivity contribution in [3.8, 4) is 0 Å². The number of aliphatic imine (C=N–C) groups is 1. The van der Waals surface area contributed by atoms with Crippen molar-refractivity contribution in [1.29, 1.82) is 0 Å². The maximum absolute atomic E-state index is 5.61. The molecule has 6 heteroatoms. The average molecular weight is 315 g/mol. The van der Waals surface area contributed by atoms with Crippen LogP contribution in [0.5, 0.6) is 0 Å². The lowest BCUT2D eigenvalue weighted by molar-refractivity contribution is 0.694. The van der Waals surface area contributed by atoms with E-state index in [-0.39, 0.29) is 5.37 Å². The molecule has 0 aromatic carbocycles. The summed E-state index contributed by atoms with van der Waals surface area (Å²) in [6, 6.07) is 0. The van der Waals surface area contributed by atoms with Crippen LogP contribution in [0.25, 0.3) is 0 Å². The van der Waals surface area contributed by atoms with Crippen molar-refractivity contribution >= 4 is 23.3 Å². The summed E-state index contributed by atoms with van der Waals surface area (Å²) in [5.74, 6) is 6.67. The zero-order chi connectivity index (χ0) is 15.1. The van der Waals surface area contributed by atoms with E-state index in [0.29, 0.717) is 5.92 Å². The summed E-state index contributed by atoms with van der Waals surface area (Å²) in [5, 5.41) is 0.225. The Morgan fingerprint density at radius 1 is 1.36 bits per heavy atom. The van der Waals surface area contributed by atoms with Crippen LogP contribution in [0.3, 0.4) is 0 Å². The van der Waals surface area contributed by atoms with Crippen LogP contribution in [-0.2, 0) is 0 Å². The van der Waals surface area contributed by atoms with Crippen LogP contribution in [0, 0.1) is 0 Å². The number of fused-ring (bicyclic) bond motifs is 4. The number of hydrogen-bond donors (Lipinski definition) is 2. The number of hydrazine groups is 1. The molecule has 1 aliphatic carbocycles. The first kappa shape index (κ1) is 14.2. The number of anilines is 1. The average Bonchev–Trinajstić information content (AvgIpc) is 3.15. The smallest absolute Gasteiger partial charge is 0.157 e. The molecule has 1 aromatic heterocycles. The Morgan fingerprint density at radius 2 is 2.27 bits per heavy atom. The molecule has 2 aliphatic heterocycles. The van der Waals surface area contributed by atoms with Crippen molar-refractivity contribution in [3.63, 3.8) is 0 Å². The lowest BCUT2D eigenvalue weighted by Crippen LogP contribution is -2.21. The number of aromatic nitrogens is 2. The topological polar surface area (TPSA) is 76.2 Å². The molecule has 0 saturated heterocycles. The molecule has 2 atom stereocenters. The molecule has 5 nitrogen and oxygen atoms in total. The summed E-state index contributed by atoms with van der Waals surface area (Å²) in [6.07, 6.45) is 8.80. The Hall–Kier alpha value is -1.40. The number of nitrogen functional groups attached to an aromatic ring is 1. The quantitative estimate of drug-likeness (QED) is 0.658. The van der Waals surface area contributed by atoms with Gasteiger partial charge in [-0.05, 0) is 37.7 Å². The molecule has 2 unspecified atom stereocenters. The van der Waals surface area contributed by atoms with Crippen LogP contribution in [0.1, 0.15) is 57.1 Å². The SMILES string of the molecule is CCCCC1=NC2Sc3c(NN)ncnc3C2C2=C1CCC2. The van der Waals surface area contributed by atoms with Gasteiger partial charge in [0.2, 0.25) is 0 Å². The fourth-order valence-electron chi connectivity index (χ4n) is 3.82. The maximum Gasteiger partial charge on any atom is 0.157 e. The highest BCUT2D eigenvalue weighted by Crippen LogP contribution is 2.55. The first-order valence-corrected chi connectivity index (χ1v) is 8.98. The number of allylic oxidation sites excluding steroid dienone is 1. The molecule has 0 amide bonds. The van der Waals surface area contributed by atoms with Gasteiger partial charge in [0, 0.05) is 5.71 Å². The lowest BCUT2D eigenvalue weighted by atomic mass is 9.87. The summed E-state index contributed by atoms with van der Waals surface area (Å²) in [7, 11) is 0. The molecule has 0 spiro atoms. The highest BCUT2D eigenvalue weighted by Gasteiger charge is 2.43. The van der Waals surface area contributed by atoms with E-state index in [0.717, 1.165) is 22.8 Å². The van der Waals surface area contributed by atoms with Crippen molar-refractivity contribution in [2.24, 2.45) is 10.8 Å². The van der Waals surface area contributed by atoms with E-state index in [1.54, 1.807) is 23.7 Å². The van der Waals surface area contributed by atoms with Crippen LogP contribution in [0.4, 0.5) is 5.82 Å². The summed E-state index contributed by atoms with van der Waals surface area (Å²) in [6.45, 7) is 2.24. The summed E-state index contributed by atoms with van der Waals surface area (Å²) >= 11 is 1.77. The molecule has 3 aliphatic rings. The standard InChI is InChI=1S/C16H21N5S/c1-2-3-7-11-9-5-4-6-10(9)12-13-14(22-16(12)20-11)15(21-17)19-8-18-13/h8,12,16H,2-7,17H2,1H3,(H,18,19,21). The minimum absolute atomic E-state index is 0.225. The second kappa shape index (κ2) is 5.66. The predicted octanol–water partition coefficient (Wildman–Crippen LogP) is 3.40. The van der Waals surface area contributed by atoms with Gasteiger partial charge in [0.1, 0.15) is 11.7 Å². The highest BCUT2D eigenvalue weighted by molar-refractivity contribution is 8.00. The summed E-state index contributed by atoms with van der Waals surface area (Å²) in [5.41, 5.74) is 8.29. The Kier molecular flexibility index (Phi) is 3.66. The molecular weight excluding hydrogens is 294 g/mol. The van der Waals surface area contributed by atoms with Gasteiger partial charge < -0.3 is 5.43 Å². The predicted molar refractivity (Wildman–Crippen MR) is 90.1 cm³/mol. The molecular formula is C16H21N5S. The van der Waals surface area contributed by atoms with E-state index < -0.39 is 0 Å². The number of nitrogens with zero attached hydrogens (tertiary/aromatic N) is 3. The third-order valence-corrected chi connectivity index (χ3v) is 6.08. The zero-order valence-electron chi connectivity index (χ0n) is 12.8. The Morgan fingerprint density at radius 3 is 3.09 bits per heavy atom. The van der Waals surface area contributed by atoms with Gasteiger partial charge in [-0.2, -0.15) is 0 Å². The molecule has 3 N–H and O–H groups in total. The van der Waals surface area contributed by atoms with E-state index >= 15 is 0 Å². The number of nitrogens with one attached hydrogen (secondary N) is 1. The fraction of sp³-hybridized carbons (Fsp3) is 0.562. The number of thioether (sulfide) groups is 1. The van der Waals surface area contributed by atoms with Crippen molar-refractivity contribution < 1.29 is 0 Å². The van der Waals surface area contributed by atoms with Gasteiger partial charge in [0.15, 0.2) is 5.82 Å². The van der Waals surface area contributed by atoms with Crippen LogP contribution < -0.4 is 11.3 Å². The van der Waals surface area contributed by atoms with E-state index in [1.807, 2.05) is 0 Å². The summed E-state index contributed by atoms with van der Waals surface area (Å²) < 4.78 is 0. The van der Waals surface area contributed by atoms with Gasteiger partial charge in [-0.25, -0.2) is 15.8 Å². The van der Waals surface area contributed by atoms with Crippen molar-refractivity contribution in [3.05, 3.63) is 23.2 Å². The second-order valence-corrected chi connectivity index (χ2v) is 7.23. The molecule has 1 aromatic rings. The van der Waals surface area contributed by atoms with Gasteiger partial charge in [0.25, 0.3) is 0 Å². The number of unbranched alkanes of at least 4 members (excludes halogenated alkanes) is 1. The largest absolute Gasteiger partial charge is 0.307 e. The van der Waals surface area contributed by atoms with Gasteiger partial charge >= 0.3 is 0 Å². The Bertz CT molecular complexity index is 667. The highest BCUT2D eigenvalue weighted by atomic mass is 32.2. The summed E-state index contributed by atoms with van der Waals surface area (Å²) in [4.78, 5) is 15.0. The molecule has 0 radical (unpaired) electrons. The van der Waals surface area contributed by atoms with Gasteiger partial charge in [-0.15, -0.1) is 0 Å². The number of dihydropyridines is 1. The van der Waals surface area contributed by atoms with Crippen LogP contribution in [0.15, 0.2) is 27.4 Å². The molecule has 116 valence electrons. The van der Waals surface area contributed by atoms with E-state index in [4.69, 9.17) is 10.8 Å². The number of rotatable bonds is 4. The number of hydrogen-bond acceptors (Lipinski definition) is 6. The molecule has 0 bridgehead atoms. The first-order chi connectivity index (χ1) is 10.8. The Balaban J connectivity index is 1.76. The van der Waals surface area contributed by atoms with Gasteiger partial charge in [-0.1, -0.05) is 30.7 Å². The third kappa shape index (κ3) is 2.08. The molecule has 4 rings (SSSR count). The fourth-order valence-corrected chi connectivity index (χ4v) is 5.20. The molecule has 22 heavy (non-hydrogen) atoms.